The van der Waals surface area contributed by atoms with Gasteiger partial charge in [-0.2, -0.15) is 13.2 Å². The van der Waals surface area contributed by atoms with E-state index in [9.17, 15) is 30.8 Å². The predicted molar refractivity (Wildman–Crippen MR) is 106 cm³/mol. The van der Waals surface area contributed by atoms with Gasteiger partial charge < -0.3 is 10.1 Å². The van der Waals surface area contributed by atoms with Crippen LogP contribution in [-0.4, -0.2) is 26.4 Å². The van der Waals surface area contributed by atoms with E-state index in [2.05, 4.69) is 10.3 Å². The summed E-state index contributed by atoms with van der Waals surface area (Å²) in [5, 5.41) is 2.39. The number of rotatable bonds is 6. The zero-order valence-electron chi connectivity index (χ0n) is 16.3. The lowest BCUT2D eigenvalue weighted by Crippen LogP contribution is -2.18. The number of sulfonamides is 1. The number of halogens is 4. The molecular formula is C20H15F4N3O4S. The summed E-state index contributed by atoms with van der Waals surface area (Å²) < 4.78 is 85.2. The molecule has 0 aliphatic carbocycles. The molecule has 0 bridgehead atoms. The molecule has 0 saturated heterocycles. The van der Waals surface area contributed by atoms with Gasteiger partial charge in [0.25, 0.3) is 15.9 Å². The maximum absolute atomic E-state index is 14.5. The van der Waals surface area contributed by atoms with Crippen molar-refractivity contribution in [3.8, 4) is 11.5 Å². The molecule has 0 aliphatic heterocycles. The highest BCUT2D eigenvalue weighted by Crippen LogP contribution is 2.31. The van der Waals surface area contributed by atoms with Crippen LogP contribution in [0.15, 0.2) is 65.7 Å². The number of aromatic nitrogens is 1. The molecule has 2 aromatic carbocycles. The number of carbonyl (C=O) groups is 1. The first-order chi connectivity index (χ1) is 15.0. The Morgan fingerprint density at radius 1 is 1.03 bits per heavy atom. The van der Waals surface area contributed by atoms with Crippen LogP contribution >= 0.6 is 0 Å². The highest BCUT2D eigenvalue weighted by Gasteiger charge is 2.31. The molecule has 0 saturated carbocycles. The van der Waals surface area contributed by atoms with Gasteiger partial charge in [0.05, 0.1) is 16.1 Å². The van der Waals surface area contributed by atoms with Crippen LogP contribution in [0.25, 0.3) is 0 Å². The third-order valence-electron chi connectivity index (χ3n) is 4.08. The zero-order chi connectivity index (χ0) is 23.5. The van der Waals surface area contributed by atoms with Gasteiger partial charge in [-0.1, -0.05) is 6.07 Å². The lowest BCUT2D eigenvalue weighted by atomic mass is 10.2. The topological polar surface area (TPSA) is 97.4 Å². The number of hydrogen-bond donors (Lipinski definition) is 2. The summed E-state index contributed by atoms with van der Waals surface area (Å²) in [4.78, 5) is 14.8. The molecule has 168 valence electrons. The number of hydrogen-bond acceptors (Lipinski definition) is 5. The lowest BCUT2D eigenvalue weighted by molar-refractivity contribution is -0.137. The Morgan fingerprint density at radius 2 is 1.75 bits per heavy atom. The molecule has 32 heavy (non-hydrogen) atoms. The quantitative estimate of drug-likeness (QED) is 0.528. The van der Waals surface area contributed by atoms with E-state index in [0.29, 0.717) is 6.07 Å². The van der Waals surface area contributed by atoms with Crippen LogP contribution in [0, 0.1) is 5.82 Å². The maximum atomic E-state index is 14.5. The van der Waals surface area contributed by atoms with E-state index in [1.165, 1.54) is 31.4 Å². The van der Waals surface area contributed by atoms with Crippen LogP contribution in [0.5, 0.6) is 11.5 Å². The van der Waals surface area contributed by atoms with Gasteiger partial charge >= 0.3 is 6.18 Å². The molecule has 12 heteroatoms. The van der Waals surface area contributed by atoms with Gasteiger partial charge in [0.1, 0.15) is 17.2 Å². The number of carbonyl (C=O) groups excluding carboxylic acids is 1. The Labute approximate surface area is 180 Å². The van der Waals surface area contributed by atoms with Gasteiger partial charge in [0.2, 0.25) is 0 Å². The second-order valence-corrected chi connectivity index (χ2v) is 8.01. The molecule has 1 amide bonds. The van der Waals surface area contributed by atoms with Gasteiger partial charge in [-0.3, -0.25) is 14.5 Å². The SMILES string of the molecule is CNC(=O)c1cc(Oc2ccc(NS(=O)(=O)c3cccc(C(F)(F)F)c3)c(F)c2)ccn1. The number of ether oxygens (including phenoxy) is 1. The monoisotopic (exact) mass is 469 g/mol. The Hall–Kier alpha value is -3.67. The van der Waals surface area contributed by atoms with E-state index in [0.717, 1.165) is 30.3 Å². The van der Waals surface area contributed by atoms with Crippen LogP contribution < -0.4 is 14.8 Å². The molecule has 1 aromatic heterocycles. The van der Waals surface area contributed by atoms with E-state index >= 15 is 0 Å². The molecule has 0 radical (unpaired) electrons. The highest BCUT2D eigenvalue weighted by molar-refractivity contribution is 7.92. The van der Waals surface area contributed by atoms with E-state index in [1.807, 2.05) is 4.72 Å². The van der Waals surface area contributed by atoms with Crippen molar-refractivity contribution < 1.29 is 35.5 Å². The van der Waals surface area contributed by atoms with E-state index in [-0.39, 0.29) is 17.2 Å². The second-order valence-electron chi connectivity index (χ2n) is 6.33. The largest absolute Gasteiger partial charge is 0.457 e. The standard InChI is InChI=1S/C20H15F4N3O4S/c1-25-19(28)18-11-14(7-8-26-18)31-13-5-6-17(16(21)10-13)27-32(29,30)15-4-2-3-12(9-15)20(22,23)24/h2-11,27H,1H3,(H,25,28). The average molecular weight is 469 g/mol. The lowest BCUT2D eigenvalue weighted by Gasteiger charge is -2.12. The Morgan fingerprint density at radius 3 is 2.41 bits per heavy atom. The van der Waals surface area contributed by atoms with E-state index < -0.39 is 44.1 Å². The van der Waals surface area contributed by atoms with Crippen molar-refractivity contribution in [1.29, 1.82) is 0 Å². The molecule has 2 N–H and O–H groups in total. The summed E-state index contributed by atoms with van der Waals surface area (Å²) in [6, 6.07) is 8.99. The normalized spacial score (nSPS) is 11.7. The minimum absolute atomic E-state index is 0.0152. The minimum atomic E-state index is -4.74. The summed E-state index contributed by atoms with van der Waals surface area (Å²) in [5.74, 6) is -1.33. The fourth-order valence-electron chi connectivity index (χ4n) is 2.55. The Bertz CT molecular complexity index is 1260. The highest BCUT2D eigenvalue weighted by atomic mass is 32.2. The van der Waals surface area contributed by atoms with E-state index in [4.69, 9.17) is 4.74 Å². The summed E-state index contributed by atoms with van der Waals surface area (Å²) in [7, 11) is -3.07. The van der Waals surface area contributed by atoms with Gasteiger partial charge in [-0.15, -0.1) is 0 Å². The van der Waals surface area contributed by atoms with Crippen molar-refractivity contribution in [2.45, 2.75) is 11.1 Å². The van der Waals surface area contributed by atoms with Crippen molar-refractivity contribution >= 4 is 21.6 Å². The fraction of sp³-hybridized carbons (Fsp3) is 0.100. The number of benzene rings is 2. The third kappa shape index (κ3) is 5.32. The Kier molecular flexibility index (Phi) is 6.35. The molecule has 0 aliphatic rings. The molecule has 7 nitrogen and oxygen atoms in total. The Balaban J connectivity index is 1.81. The number of anilines is 1. The van der Waals surface area contributed by atoms with Crippen molar-refractivity contribution in [2.24, 2.45) is 0 Å². The smallest absolute Gasteiger partial charge is 0.416 e. The zero-order valence-corrected chi connectivity index (χ0v) is 17.1. The fourth-order valence-corrected chi connectivity index (χ4v) is 3.66. The van der Waals surface area contributed by atoms with Crippen LogP contribution in [0.3, 0.4) is 0 Å². The average Bonchev–Trinajstić information content (AvgIpc) is 2.75. The molecule has 3 rings (SSSR count). The number of alkyl halides is 3. The maximum Gasteiger partial charge on any atom is 0.416 e. The second kappa shape index (κ2) is 8.83. The first-order valence-corrected chi connectivity index (χ1v) is 10.3. The van der Waals surface area contributed by atoms with Gasteiger partial charge in [0, 0.05) is 25.4 Å². The summed E-state index contributed by atoms with van der Waals surface area (Å²) >= 11 is 0. The molecule has 3 aromatic rings. The molecule has 1 heterocycles. The van der Waals surface area contributed by atoms with Gasteiger partial charge in [-0.25, -0.2) is 12.8 Å². The van der Waals surface area contributed by atoms with Gasteiger partial charge in [0.15, 0.2) is 5.82 Å². The molecule has 0 atom stereocenters. The van der Waals surface area contributed by atoms with Crippen LogP contribution in [0.1, 0.15) is 16.1 Å². The van der Waals surface area contributed by atoms with Crippen molar-refractivity contribution in [3.63, 3.8) is 0 Å². The molecule has 0 unspecified atom stereocenters. The van der Waals surface area contributed by atoms with Crippen LogP contribution in [-0.2, 0) is 16.2 Å². The molecule has 0 spiro atoms. The number of pyridine rings is 1. The van der Waals surface area contributed by atoms with Crippen molar-refractivity contribution in [3.05, 3.63) is 77.9 Å². The van der Waals surface area contributed by atoms with E-state index in [1.54, 1.807) is 0 Å². The number of nitrogens with one attached hydrogen (secondary N) is 2. The summed E-state index contributed by atoms with van der Waals surface area (Å²) in [5.41, 5.74) is -1.58. The predicted octanol–water partition coefficient (Wildman–Crippen LogP) is 4.19. The van der Waals surface area contributed by atoms with Crippen molar-refractivity contribution in [2.75, 3.05) is 11.8 Å². The van der Waals surface area contributed by atoms with Crippen molar-refractivity contribution in [1.82, 2.24) is 10.3 Å². The summed E-state index contributed by atoms with van der Waals surface area (Å²) in [6.45, 7) is 0. The minimum Gasteiger partial charge on any atom is -0.457 e. The number of amides is 1. The summed E-state index contributed by atoms with van der Waals surface area (Å²) in [6.07, 6.45) is -3.42. The number of nitrogens with zero attached hydrogens (tertiary/aromatic N) is 1. The third-order valence-corrected chi connectivity index (χ3v) is 5.45. The first-order valence-electron chi connectivity index (χ1n) is 8.85. The van der Waals surface area contributed by atoms with Gasteiger partial charge in [-0.05, 0) is 36.4 Å². The first kappa shape index (κ1) is 23.0. The molecule has 0 fully saturated rings. The molecular weight excluding hydrogens is 454 g/mol. The van der Waals surface area contributed by atoms with Crippen LogP contribution in [0.2, 0.25) is 0 Å². The van der Waals surface area contributed by atoms with Crippen LogP contribution in [0.4, 0.5) is 23.2 Å².